The molecule has 0 amide bonds. The fraction of sp³-hybridized carbons (Fsp3) is 0.0714. The molecular weight excluding hydrogens is 264 g/mol. The van der Waals surface area contributed by atoms with E-state index in [2.05, 4.69) is 15.9 Å². The predicted octanol–water partition coefficient (Wildman–Crippen LogP) is 4.32. The molecule has 80 valence electrons. The van der Waals surface area contributed by atoms with Crippen LogP contribution in [0.5, 0.6) is 0 Å². The number of benzene rings is 2. The third kappa shape index (κ3) is 2.22. The lowest BCUT2D eigenvalue weighted by atomic mass is 9.98. The molecule has 0 N–H and O–H groups in total. The maximum absolute atomic E-state index is 11.5. The number of rotatable bonds is 2. The van der Waals surface area contributed by atoms with Gasteiger partial charge in [-0.05, 0) is 36.2 Å². The molecule has 0 spiro atoms. The van der Waals surface area contributed by atoms with E-state index < -0.39 is 0 Å². The van der Waals surface area contributed by atoms with Crippen LogP contribution in [0.2, 0.25) is 0 Å². The van der Waals surface area contributed by atoms with Gasteiger partial charge in [-0.25, -0.2) is 0 Å². The van der Waals surface area contributed by atoms with Gasteiger partial charge in [-0.15, -0.1) is 0 Å². The Bertz CT molecular complexity index is 518. The molecule has 16 heavy (non-hydrogen) atoms. The first-order valence-corrected chi connectivity index (χ1v) is 5.83. The van der Waals surface area contributed by atoms with Gasteiger partial charge < -0.3 is 0 Å². The van der Waals surface area contributed by atoms with Crippen molar-refractivity contribution < 1.29 is 4.79 Å². The molecule has 0 heterocycles. The van der Waals surface area contributed by atoms with Crippen LogP contribution in [0.25, 0.3) is 11.1 Å². The molecular formula is C14H11BrO. The lowest BCUT2D eigenvalue weighted by Crippen LogP contribution is -1.95. The van der Waals surface area contributed by atoms with E-state index in [1.54, 1.807) is 6.92 Å². The topological polar surface area (TPSA) is 17.1 Å². The summed E-state index contributed by atoms with van der Waals surface area (Å²) >= 11 is 3.43. The second-order valence-electron chi connectivity index (χ2n) is 3.61. The van der Waals surface area contributed by atoms with Crippen molar-refractivity contribution in [2.24, 2.45) is 0 Å². The van der Waals surface area contributed by atoms with Crippen LogP contribution >= 0.6 is 15.9 Å². The average Bonchev–Trinajstić information content (AvgIpc) is 2.29. The zero-order valence-electron chi connectivity index (χ0n) is 8.91. The van der Waals surface area contributed by atoms with Gasteiger partial charge in [0, 0.05) is 10.0 Å². The second kappa shape index (κ2) is 4.62. The molecule has 1 nitrogen and oxygen atoms in total. The van der Waals surface area contributed by atoms with Gasteiger partial charge in [0.2, 0.25) is 0 Å². The van der Waals surface area contributed by atoms with E-state index in [1.807, 2.05) is 48.5 Å². The summed E-state index contributed by atoms with van der Waals surface area (Å²) in [6.07, 6.45) is 0. The summed E-state index contributed by atoms with van der Waals surface area (Å²) in [5.41, 5.74) is 2.80. The van der Waals surface area contributed by atoms with Crippen LogP contribution in [0, 0.1) is 0 Å². The van der Waals surface area contributed by atoms with E-state index in [1.165, 1.54) is 0 Å². The van der Waals surface area contributed by atoms with Crippen LogP contribution in [-0.4, -0.2) is 5.78 Å². The molecule has 0 aromatic heterocycles. The lowest BCUT2D eigenvalue weighted by molar-refractivity contribution is 0.101. The van der Waals surface area contributed by atoms with Crippen molar-refractivity contribution >= 4 is 21.7 Å². The molecule has 2 heteroatoms. The highest BCUT2D eigenvalue weighted by atomic mass is 79.9. The number of carbonyl (C=O) groups is 1. The fourth-order valence-electron chi connectivity index (χ4n) is 1.68. The maximum atomic E-state index is 11.5. The Morgan fingerprint density at radius 2 is 1.75 bits per heavy atom. The normalized spacial score (nSPS) is 10.1. The van der Waals surface area contributed by atoms with Gasteiger partial charge in [-0.1, -0.05) is 46.3 Å². The number of ketones is 1. The number of hydrogen-bond donors (Lipinski definition) is 0. The van der Waals surface area contributed by atoms with Gasteiger partial charge in [-0.3, -0.25) is 4.79 Å². The molecule has 0 radical (unpaired) electrons. The predicted molar refractivity (Wildman–Crippen MR) is 69.6 cm³/mol. The highest BCUT2D eigenvalue weighted by molar-refractivity contribution is 9.10. The van der Waals surface area contributed by atoms with E-state index in [9.17, 15) is 4.79 Å². The lowest BCUT2D eigenvalue weighted by Gasteiger charge is -2.07. The monoisotopic (exact) mass is 274 g/mol. The Balaban J connectivity index is 2.63. The first-order valence-electron chi connectivity index (χ1n) is 5.04. The largest absolute Gasteiger partial charge is 0.294 e. The van der Waals surface area contributed by atoms with Crippen molar-refractivity contribution in [3.05, 3.63) is 58.6 Å². The van der Waals surface area contributed by atoms with Crippen LogP contribution in [0.15, 0.2) is 53.0 Å². The van der Waals surface area contributed by atoms with Gasteiger partial charge in [-0.2, -0.15) is 0 Å². The molecule has 0 saturated carbocycles. The van der Waals surface area contributed by atoms with Crippen molar-refractivity contribution in [1.29, 1.82) is 0 Å². The minimum Gasteiger partial charge on any atom is -0.294 e. The quantitative estimate of drug-likeness (QED) is 0.746. The smallest absolute Gasteiger partial charge is 0.160 e. The number of carbonyl (C=O) groups excluding carboxylic acids is 1. The summed E-state index contributed by atoms with van der Waals surface area (Å²) in [6, 6.07) is 15.7. The zero-order valence-corrected chi connectivity index (χ0v) is 10.5. The SMILES string of the molecule is CC(=O)c1ccc(Br)cc1-c1ccccc1. The zero-order chi connectivity index (χ0) is 11.5. The molecule has 0 atom stereocenters. The number of halogens is 1. The summed E-state index contributed by atoms with van der Waals surface area (Å²) < 4.78 is 0.983. The number of Topliss-reactive ketones (excluding diaryl/α,β-unsaturated/α-hetero) is 1. The van der Waals surface area contributed by atoms with E-state index in [-0.39, 0.29) is 5.78 Å². The molecule has 2 aromatic carbocycles. The van der Waals surface area contributed by atoms with Gasteiger partial charge >= 0.3 is 0 Å². The van der Waals surface area contributed by atoms with E-state index in [0.717, 1.165) is 21.2 Å². The molecule has 0 fully saturated rings. The van der Waals surface area contributed by atoms with Crippen molar-refractivity contribution in [2.45, 2.75) is 6.92 Å². The standard InChI is InChI=1S/C14H11BrO/c1-10(16)13-8-7-12(15)9-14(13)11-5-3-2-4-6-11/h2-9H,1H3. The molecule has 0 saturated heterocycles. The van der Waals surface area contributed by atoms with Gasteiger partial charge in [0.15, 0.2) is 5.78 Å². The highest BCUT2D eigenvalue weighted by Gasteiger charge is 2.08. The first kappa shape index (κ1) is 11.1. The summed E-state index contributed by atoms with van der Waals surface area (Å²) in [5.74, 6) is 0.0892. The van der Waals surface area contributed by atoms with Crippen LogP contribution in [-0.2, 0) is 0 Å². The van der Waals surface area contributed by atoms with Crippen molar-refractivity contribution in [2.75, 3.05) is 0 Å². The molecule has 0 aliphatic rings. The summed E-state index contributed by atoms with van der Waals surface area (Å²) in [4.78, 5) is 11.5. The molecule has 2 rings (SSSR count). The molecule has 0 aliphatic carbocycles. The second-order valence-corrected chi connectivity index (χ2v) is 4.53. The Morgan fingerprint density at radius 1 is 1.06 bits per heavy atom. The molecule has 2 aromatic rings. The highest BCUT2D eigenvalue weighted by Crippen LogP contribution is 2.27. The number of hydrogen-bond acceptors (Lipinski definition) is 1. The van der Waals surface area contributed by atoms with Gasteiger partial charge in [0.05, 0.1) is 0 Å². The maximum Gasteiger partial charge on any atom is 0.160 e. The Kier molecular flexibility index (Phi) is 3.20. The third-order valence-electron chi connectivity index (χ3n) is 2.45. The van der Waals surface area contributed by atoms with E-state index in [0.29, 0.717) is 0 Å². The first-order chi connectivity index (χ1) is 7.68. The summed E-state index contributed by atoms with van der Waals surface area (Å²) in [6.45, 7) is 1.59. The molecule has 0 aliphatic heterocycles. The third-order valence-corrected chi connectivity index (χ3v) is 2.94. The van der Waals surface area contributed by atoms with Gasteiger partial charge in [0.1, 0.15) is 0 Å². The van der Waals surface area contributed by atoms with Crippen LogP contribution in [0.4, 0.5) is 0 Å². The van der Waals surface area contributed by atoms with Crippen molar-refractivity contribution in [3.8, 4) is 11.1 Å². The summed E-state index contributed by atoms with van der Waals surface area (Å²) in [5, 5.41) is 0. The van der Waals surface area contributed by atoms with Crippen molar-refractivity contribution in [1.82, 2.24) is 0 Å². The molecule has 0 unspecified atom stereocenters. The minimum atomic E-state index is 0.0892. The Hall–Kier alpha value is -1.41. The average molecular weight is 275 g/mol. The minimum absolute atomic E-state index is 0.0892. The summed E-state index contributed by atoms with van der Waals surface area (Å²) in [7, 11) is 0. The Morgan fingerprint density at radius 3 is 2.38 bits per heavy atom. The van der Waals surface area contributed by atoms with Crippen LogP contribution in [0.1, 0.15) is 17.3 Å². The van der Waals surface area contributed by atoms with Crippen molar-refractivity contribution in [3.63, 3.8) is 0 Å². The van der Waals surface area contributed by atoms with Crippen LogP contribution in [0.3, 0.4) is 0 Å². The van der Waals surface area contributed by atoms with E-state index >= 15 is 0 Å². The Labute approximate surface area is 103 Å². The molecule has 0 bridgehead atoms. The fourth-order valence-corrected chi connectivity index (χ4v) is 2.04. The van der Waals surface area contributed by atoms with E-state index in [4.69, 9.17) is 0 Å². The van der Waals surface area contributed by atoms with Gasteiger partial charge in [0.25, 0.3) is 0 Å². The van der Waals surface area contributed by atoms with Crippen LogP contribution < -0.4 is 0 Å².